The summed E-state index contributed by atoms with van der Waals surface area (Å²) in [5.74, 6) is 0.944. The lowest BCUT2D eigenvalue weighted by Gasteiger charge is -2.10. The molecule has 0 aliphatic heterocycles. The highest BCUT2D eigenvalue weighted by atomic mass is 35.5. The first-order valence-electron chi connectivity index (χ1n) is 8.38. The van der Waals surface area contributed by atoms with Crippen LogP contribution < -0.4 is 5.32 Å². The molecule has 0 aliphatic carbocycles. The molecule has 4 rings (SSSR count). The number of anilines is 2. The number of halogens is 1. The third-order valence-electron chi connectivity index (χ3n) is 4.27. The fourth-order valence-corrected chi connectivity index (χ4v) is 4.62. The van der Waals surface area contributed by atoms with Crippen molar-refractivity contribution in [3.63, 3.8) is 0 Å². The molecule has 0 amide bonds. The topological polar surface area (TPSA) is 94.7 Å². The summed E-state index contributed by atoms with van der Waals surface area (Å²) in [4.78, 5) is 12.8. The van der Waals surface area contributed by atoms with Crippen LogP contribution in [0.25, 0.3) is 11.0 Å². The van der Waals surface area contributed by atoms with Crippen LogP contribution in [0, 0.1) is 13.8 Å². The normalized spacial score (nSPS) is 11.9. The molecule has 4 aromatic rings. The Hall–Kier alpha value is -2.91. The van der Waals surface area contributed by atoms with Crippen molar-refractivity contribution in [2.75, 3.05) is 5.32 Å². The minimum atomic E-state index is -3.85. The molecular weight excluding hydrogens is 400 g/mol. The largest absolute Gasteiger partial charge is 0.338 e. The number of benzene rings is 1. The molecule has 0 spiro atoms. The number of fused-ring (bicyclic) bond motifs is 1. The van der Waals surface area contributed by atoms with Gasteiger partial charge >= 0.3 is 0 Å². The summed E-state index contributed by atoms with van der Waals surface area (Å²) in [5.41, 5.74) is 1.67. The quantitative estimate of drug-likeness (QED) is 0.512. The summed E-state index contributed by atoms with van der Waals surface area (Å²) in [6.45, 7) is 3.60. The zero-order valence-corrected chi connectivity index (χ0v) is 17.0. The van der Waals surface area contributed by atoms with Crippen molar-refractivity contribution in [1.29, 1.82) is 0 Å². The fraction of sp³-hybridized carbons (Fsp3) is 0.167. The van der Waals surface area contributed by atoms with E-state index in [9.17, 15) is 8.42 Å². The Balaban J connectivity index is 1.91. The van der Waals surface area contributed by atoms with E-state index in [1.165, 1.54) is 3.97 Å². The molecule has 10 heteroatoms. The number of imidazole rings is 1. The molecule has 0 saturated carbocycles. The Kier molecular flexibility index (Phi) is 4.35. The molecule has 1 aromatic carbocycles. The lowest BCUT2D eigenvalue weighted by atomic mass is 10.2. The molecular formula is C18H17ClN6O2S. The molecule has 0 fully saturated rings. The Morgan fingerprint density at radius 3 is 2.46 bits per heavy atom. The Morgan fingerprint density at radius 1 is 1.11 bits per heavy atom. The first-order valence-corrected chi connectivity index (χ1v) is 10.2. The molecule has 144 valence electrons. The summed E-state index contributed by atoms with van der Waals surface area (Å²) in [5, 5.41) is 3.54. The maximum atomic E-state index is 13.2. The highest BCUT2D eigenvalue weighted by Gasteiger charge is 2.24. The smallest absolute Gasteiger partial charge is 0.269 e. The van der Waals surface area contributed by atoms with Crippen LogP contribution in [0.4, 0.5) is 11.6 Å². The molecule has 0 atom stereocenters. The molecule has 28 heavy (non-hydrogen) atoms. The fourth-order valence-electron chi connectivity index (χ4n) is 2.97. The van der Waals surface area contributed by atoms with Crippen LogP contribution in [-0.2, 0) is 17.1 Å². The molecule has 0 unspecified atom stereocenters. The van der Waals surface area contributed by atoms with E-state index in [0.29, 0.717) is 22.7 Å². The van der Waals surface area contributed by atoms with Crippen molar-refractivity contribution < 1.29 is 8.42 Å². The highest BCUT2D eigenvalue weighted by molar-refractivity contribution is 7.90. The van der Waals surface area contributed by atoms with E-state index in [1.807, 2.05) is 14.0 Å². The monoisotopic (exact) mass is 416 g/mol. The minimum absolute atomic E-state index is 0.0654. The lowest BCUT2D eigenvalue weighted by Crippen LogP contribution is -2.15. The van der Waals surface area contributed by atoms with Crippen molar-refractivity contribution in [1.82, 2.24) is 23.5 Å². The zero-order valence-electron chi connectivity index (χ0n) is 15.4. The minimum Gasteiger partial charge on any atom is -0.338 e. The van der Waals surface area contributed by atoms with Gasteiger partial charge in [-0.1, -0.05) is 17.7 Å². The van der Waals surface area contributed by atoms with Crippen molar-refractivity contribution in [2.45, 2.75) is 18.7 Å². The van der Waals surface area contributed by atoms with Gasteiger partial charge in [-0.15, -0.1) is 0 Å². The second kappa shape index (κ2) is 6.61. The predicted molar refractivity (Wildman–Crippen MR) is 108 cm³/mol. The van der Waals surface area contributed by atoms with Crippen molar-refractivity contribution >= 4 is 44.3 Å². The van der Waals surface area contributed by atoms with E-state index in [1.54, 1.807) is 54.3 Å². The van der Waals surface area contributed by atoms with Gasteiger partial charge in [-0.3, -0.25) is 0 Å². The van der Waals surface area contributed by atoms with Crippen LogP contribution >= 0.6 is 11.6 Å². The number of hydrogen-bond donors (Lipinski definition) is 1. The summed E-state index contributed by atoms with van der Waals surface area (Å²) in [7, 11) is -2.01. The second-order valence-electron chi connectivity index (χ2n) is 6.50. The Bertz CT molecular complexity index is 1290. The molecule has 3 heterocycles. The van der Waals surface area contributed by atoms with Gasteiger partial charge in [0.2, 0.25) is 5.28 Å². The molecule has 0 bridgehead atoms. The first-order chi connectivity index (χ1) is 13.3. The van der Waals surface area contributed by atoms with Gasteiger partial charge in [0.1, 0.15) is 11.6 Å². The predicted octanol–water partition coefficient (Wildman–Crippen LogP) is 3.42. The van der Waals surface area contributed by atoms with Crippen molar-refractivity contribution in [3.8, 4) is 0 Å². The summed E-state index contributed by atoms with van der Waals surface area (Å²) >= 11 is 6.10. The molecule has 8 nitrogen and oxygen atoms in total. The average Bonchev–Trinajstić information content (AvgIpc) is 3.18. The van der Waals surface area contributed by atoms with Crippen LogP contribution in [0.1, 0.15) is 11.3 Å². The summed E-state index contributed by atoms with van der Waals surface area (Å²) in [6, 6.07) is 8.37. The van der Waals surface area contributed by atoms with Crippen LogP contribution in [0.3, 0.4) is 0 Å². The molecule has 0 radical (unpaired) electrons. The van der Waals surface area contributed by atoms with E-state index < -0.39 is 10.0 Å². The van der Waals surface area contributed by atoms with Crippen LogP contribution in [0.2, 0.25) is 5.28 Å². The van der Waals surface area contributed by atoms with Gasteiger partial charge in [-0.25, -0.2) is 17.4 Å². The van der Waals surface area contributed by atoms with Gasteiger partial charge in [0, 0.05) is 18.9 Å². The summed E-state index contributed by atoms with van der Waals surface area (Å²) < 4.78 is 29.5. The lowest BCUT2D eigenvalue weighted by molar-refractivity contribution is 0.587. The van der Waals surface area contributed by atoms with E-state index >= 15 is 0 Å². The van der Waals surface area contributed by atoms with Crippen LogP contribution in [0.5, 0.6) is 0 Å². The standard InChI is InChI=1S/C18H17ClN6O2S/c1-11-4-6-13(7-5-11)28(26,27)25-12(2)8-14-16(22-18(19)23-17(14)25)21-15-9-24(3)10-20-15/h4-10H,1-3H3,(H,21,22,23). The highest BCUT2D eigenvalue weighted by Crippen LogP contribution is 2.30. The first kappa shape index (κ1) is 18.5. The zero-order chi connectivity index (χ0) is 20.1. The second-order valence-corrected chi connectivity index (χ2v) is 8.62. The van der Waals surface area contributed by atoms with Gasteiger partial charge in [-0.2, -0.15) is 9.97 Å². The van der Waals surface area contributed by atoms with Crippen LogP contribution in [-0.4, -0.2) is 31.9 Å². The number of rotatable bonds is 4. The molecule has 0 saturated heterocycles. The van der Waals surface area contributed by atoms with Crippen molar-refractivity contribution in [3.05, 3.63) is 59.4 Å². The van der Waals surface area contributed by atoms with Gasteiger partial charge < -0.3 is 9.88 Å². The number of aryl methyl sites for hydroxylation is 3. The van der Waals surface area contributed by atoms with E-state index in [4.69, 9.17) is 11.6 Å². The number of aromatic nitrogens is 5. The SMILES string of the molecule is Cc1ccc(S(=O)(=O)n2c(C)cc3c(Nc4cn(C)cn4)nc(Cl)nc32)cc1. The number of hydrogen-bond acceptors (Lipinski definition) is 6. The van der Waals surface area contributed by atoms with E-state index in [0.717, 1.165) is 5.56 Å². The number of nitrogens with one attached hydrogen (secondary N) is 1. The Labute approximate surface area is 166 Å². The van der Waals surface area contributed by atoms with Gasteiger partial charge in [0.25, 0.3) is 10.0 Å². The van der Waals surface area contributed by atoms with E-state index in [-0.39, 0.29) is 15.8 Å². The van der Waals surface area contributed by atoms with Crippen LogP contribution in [0.15, 0.2) is 47.8 Å². The maximum Gasteiger partial charge on any atom is 0.269 e. The van der Waals surface area contributed by atoms with Gasteiger partial charge in [0.05, 0.1) is 16.6 Å². The van der Waals surface area contributed by atoms with E-state index in [2.05, 4.69) is 20.3 Å². The van der Waals surface area contributed by atoms with Gasteiger partial charge in [-0.05, 0) is 43.6 Å². The van der Waals surface area contributed by atoms with Crippen molar-refractivity contribution in [2.24, 2.45) is 7.05 Å². The average molecular weight is 417 g/mol. The van der Waals surface area contributed by atoms with Gasteiger partial charge in [0.15, 0.2) is 5.65 Å². The third kappa shape index (κ3) is 3.12. The molecule has 0 aliphatic rings. The molecule has 3 aromatic heterocycles. The number of nitrogens with zero attached hydrogens (tertiary/aromatic N) is 5. The molecule has 1 N–H and O–H groups in total. The third-order valence-corrected chi connectivity index (χ3v) is 6.25. The maximum absolute atomic E-state index is 13.2. The Morgan fingerprint density at radius 2 is 1.82 bits per heavy atom. The summed E-state index contributed by atoms with van der Waals surface area (Å²) in [6.07, 6.45) is 3.41.